The minimum Gasteiger partial charge on any atom is -0.269 e. The van der Waals surface area contributed by atoms with Gasteiger partial charge >= 0.3 is 0 Å². The summed E-state index contributed by atoms with van der Waals surface area (Å²) < 4.78 is 0. The summed E-state index contributed by atoms with van der Waals surface area (Å²) >= 11 is 0. The normalized spacial score (nSPS) is 0. The van der Waals surface area contributed by atoms with Crippen molar-refractivity contribution in [2.75, 3.05) is 0 Å². The van der Waals surface area contributed by atoms with Gasteiger partial charge in [-0.25, -0.2) is 0 Å². The van der Waals surface area contributed by atoms with Crippen LogP contribution in [0.4, 0.5) is 28.2 Å². The molecule has 0 nitrogen and oxygen atoms in total. The molecule has 0 aliphatic carbocycles. The summed E-state index contributed by atoms with van der Waals surface area (Å²) in [7, 11) is 0. The molecule has 0 rings (SSSR count). The molecular formula is H10F6Si. The highest BCUT2D eigenvalue weighted by Gasteiger charge is 0.0000227. The number of halogens is 6. The van der Waals surface area contributed by atoms with Crippen LogP contribution in [-0.2, 0) is 0 Å². The molecule has 0 amide bonds. The maximum absolute atomic E-state index is 0. The fraction of sp³-hybridized carbons (Fsp3) is 0. The topological polar surface area (TPSA) is 0 Å². The van der Waals surface area contributed by atoms with Crippen LogP contribution in [0, 0.1) is 0 Å². The minimum absolute atomic E-state index is 0. The van der Waals surface area contributed by atoms with Crippen molar-refractivity contribution in [3.8, 4) is 0 Å². The van der Waals surface area contributed by atoms with Crippen LogP contribution in [0.25, 0.3) is 0 Å². The largest absolute Gasteiger partial charge is 0.269 e. The molecule has 0 atom stereocenters. The molecule has 0 saturated carbocycles. The zero-order chi connectivity index (χ0) is 0. The number of rotatable bonds is 0. The SMILES string of the molecule is F.F.F.F.F.F.[HH].[HH].[Si]. The molecule has 0 aromatic carbocycles. The second-order valence-electron chi connectivity index (χ2n) is 0. The Labute approximate surface area is 43.5 Å². The van der Waals surface area contributed by atoms with Gasteiger partial charge in [-0.3, -0.25) is 28.2 Å². The first kappa shape index (κ1) is 5540. The van der Waals surface area contributed by atoms with E-state index in [0.29, 0.717) is 0 Å². The van der Waals surface area contributed by atoms with Gasteiger partial charge in [0.15, 0.2) is 0 Å². The van der Waals surface area contributed by atoms with E-state index in [4.69, 9.17) is 0 Å². The van der Waals surface area contributed by atoms with Crippen LogP contribution in [0.15, 0.2) is 0 Å². The third-order valence-corrected chi connectivity index (χ3v) is 0. The monoisotopic (exact) mass is 152 g/mol. The van der Waals surface area contributed by atoms with Crippen LogP contribution in [0.5, 0.6) is 0 Å². The second kappa shape index (κ2) is 3230. The Balaban J connectivity index is 0. The molecule has 7 heavy (non-hydrogen) atoms. The van der Waals surface area contributed by atoms with Gasteiger partial charge in [0.25, 0.3) is 0 Å². The van der Waals surface area contributed by atoms with Gasteiger partial charge in [0, 0.05) is 13.8 Å². The van der Waals surface area contributed by atoms with E-state index in [1.807, 2.05) is 0 Å². The fourth-order valence-corrected chi connectivity index (χ4v) is 0. The lowest BCUT2D eigenvalue weighted by Crippen LogP contribution is -0.381. The van der Waals surface area contributed by atoms with Crippen LogP contribution in [-0.4, -0.2) is 11.0 Å². The summed E-state index contributed by atoms with van der Waals surface area (Å²) in [5.74, 6) is 0. The van der Waals surface area contributed by atoms with Crippen LogP contribution in [0.2, 0.25) is 0 Å². The zero-order valence-electron chi connectivity index (χ0n) is 2.95. The van der Waals surface area contributed by atoms with Crippen molar-refractivity contribution in [2.24, 2.45) is 0 Å². The molecule has 4 radical (unpaired) electrons. The van der Waals surface area contributed by atoms with Crippen molar-refractivity contribution in [1.82, 2.24) is 0 Å². The van der Waals surface area contributed by atoms with Gasteiger partial charge in [-0.2, -0.15) is 0 Å². The Kier molecular flexibility index (Phi) is 2560000. The highest BCUT2D eigenvalue weighted by Crippen LogP contribution is 0.425. The van der Waals surface area contributed by atoms with Gasteiger partial charge in [-0.1, -0.05) is 0 Å². The van der Waals surface area contributed by atoms with E-state index in [9.17, 15) is 0 Å². The maximum atomic E-state index is 0. The van der Waals surface area contributed by atoms with Gasteiger partial charge in [-0.15, -0.1) is 0 Å². The molecule has 0 bridgehead atoms. The van der Waals surface area contributed by atoms with E-state index >= 15 is 0 Å². The Morgan fingerprint density at radius 2 is 0.429 bits per heavy atom. The number of hydrogen-bond donors (Lipinski definition) is 0. The van der Waals surface area contributed by atoms with Crippen molar-refractivity contribution in [3.63, 3.8) is 0 Å². The average molecular weight is 152 g/mol. The molecule has 0 saturated heterocycles. The van der Waals surface area contributed by atoms with Gasteiger partial charge in [0.05, 0.1) is 0 Å². The molecule has 0 unspecified atom stereocenters. The van der Waals surface area contributed by atoms with Crippen LogP contribution in [0.3, 0.4) is 0 Å². The van der Waals surface area contributed by atoms with Crippen molar-refractivity contribution in [2.45, 2.75) is 0 Å². The Bertz CT molecular complexity index is 11.0. The molecule has 7 heteroatoms. The van der Waals surface area contributed by atoms with Gasteiger partial charge in [0.2, 0.25) is 0 Å². The Morgan fingerprint density at radius 3 is 0.429 bits per heavy atom. The molecule has 0 aromatic rings. The predicted octanol–water partition coefficient (Wildman–Crippen LogP) is 1.03. The molecule has 0 aliphatic heterocycles. The van der Waals surface area contributed by atoms with E-state index < -0.39 is 0 Å². The van der Waals surface area contributed by atoms with Crippen LogP contribution < -0.4 is 0 Å². The van der Waals surface area contributed by atoms with Gasteiger partial charge in [-0.05, 0) is 0 Å². The molecule has 0 aliphatic rings. The first-order valence-electron chi connectivity index (χ1n) is 0. The summed E-state index contributed by atoms with van der Waals surface area (Å²) in [6.07, 6.45) is 0. The zero-order valence-corrected chi connectivity index (χ0v) is 3.95. The highest BCUT2D eigenvalue weighted by atomic mass is 28.1. The Hall–Kier alpha value is -0.203. The lowest BCUT2D eigenvalue weighted by atomic mass is 19.0. The second-order valence-corrected chi connectivity index (χ2v) is 0. The van der Waals surface area contributed by atoms with Gasteiger partial charge in [0.1, 0.15) is 0 Å². The molecule has 0 aromatic heterocycles. The molecule has 0 spiro atoms. The van der Waals surface area contributed by atoms with E-state index in [2.05, 4.69) is 0 Å². The number of hydrogen-bond acceptors (Lipinski definition) is 0. The molecule has 0 heterocycles. The lowest BCUT2D eigenvalue weighted by Gasteiger charge is -0.270. The Morgan fingerprint density at radius 1 is 0.429 bits per heavy atom. The summed E-state index contributed by atoms with van der Waals surface area (Å²) in [6, 6.07) is 0. The third kappa shape index (κ3) is 2030. The smallest absolute Gasteiger partial charge is 0 e. The molecule has 0 N–H and O–H groups in total. The first-order chi connectivity index (χ1) is 0. The third-order valence-electron chi connectivity index (χ3n) is 0. The first-order valence-corrected chi connectivity index (χ1v) is 0. The maximum Gasteiger partial charge on any atom is 0 e. The summed E-state index contributed by atoms with van der Waals surface area (Å²) in [5, 5.41) is 0. The average Bonchev–Trinajstić information content (AvgIpc) is 0. The standard InChI is InChI=1S/6FH.Si.2H2/h6*1H;;2*1H. The van der Waals surface area contributed by atoms with Crippen LogP contribution >= 0.6 is 0 Å². The van der Waals surface area contributed by atoms with E-state index in [0.717, 1.165) is 0 Å². The van der Waals surface area contributed by atoms with Crippen molar-refractivity contribution < 1.29 is 31.1 Å². The predicted molar refractivity (Wildman–Crippen MR) is 25.0 cm³/mol. The van der Waals surface area contributed by atoms with Crippen molar-refractivity contribution in [1.29, 1.82) is 0 Å². The van der Waals surface area contributed by atoms with Gasteiger partial charge < -0.3 is 0 Å². The summed E-state index contributed by atoms with van der Waals surface area (Å²) in [6.45, 7) is 0. The van der Waals surface area contributed by atoms with E-state index in [1.165, 1.54) is 0 Å². The summed E-state index contributed by atoms with van der Waals surface area (Å²) in [5.41, 5.74) is 0. The van der Waals surface area contributed by atoms with Crippen LogP contribution in [0.1, 0.15) is 2.85 Å². The van der Waals surface area contributed by atoms with Crippen molar-refractivity contribution >= 4 is 11.0 Å². The van der Waals surface area contributed by atoms with E-state index in [1.54, 1.807) is 0 Å². The quantitative estimate of drug-likeness (QED) is 0.359. The summed E-state index contributed by atoms with van der Waals surface area (Å²) in [4.78, 5) is 0. The van der Waals surface area contributed by atoms with Crippen molar-refractivity contribution in [3.05, 3.63) is 0 Å². The van der Waals surface area contributed by atoms with E-state index in [-0.39, 0.29) is 42.0 Å². The molecule has 0 fully saturated rings. The molecule has 56 valence electrons. The minimum atomic E-state index is 0. The highest BCUT2D eigenvalue weighted by molar-refractivity contribution is 5.75. The molecular weight excluding hydrogens is 142 g/mol. The fourth-order valence-electron chi connectivity index (χ4n) is 0. The lowest BCUT2D eigenvalue weighted by molar-refractivity contribution is 1.11.